The Bertz CT molecular complexity index is 203. The summed E-state index contributed by atoms with van der Waals surface area (Å²) in [5, 5.41) is 0.912. The summed E-state index contributed by atoms with van der Waals surface area (Å²) in [4.78, 5) is 0. The van der Waals surface area contributed by atoms with E-state index in [-0.39, 0.29) is 0 Å². The van der Waals surface area contributed by atoms with Gasteiger partial charge in [-0.25, -0.2) is 0 Å². The van der Waals surface area contributed by atoms with E-state index < -0.39 is 0 Å². The van der Waals surface area contributed by atoms with E-state index in [0.29, 0.717) is 0 Å². The van der Waals surface area contributed by atoms with Crippen LogP contribution in [0.4, 0.5) is 0 Å². The molecule has 1 rings (SSSR count). The summed E-state index contributed by atoms with van der Waals surface area (Å²) in [6, 6.07) is 0. The molecule has 0 aromatic heterocycles. The second-order valence-electron chi connectivity index (χ2n) is 1.73. The molecule has 0 saturated heterocycles. The average molecular weight is 183 g/mol. The first-order chi connectivity index (χ1) is 4.43. The summed E-state index contributed by atoms with van der Waals surface area (Å²) in [5.74, 6) is 0. The largest absolute Gasteiger partial charge is 0.121 e. The van der Waals surface area contributed by atoms with Gasteiger partial charge in [-0.2, -0.15) is 0 Å². The molecule has 0 unspecified atom stereocenters. The maximum atomic E-state index is 3.36. The van der Waals surface area contributed by atoms with Gasteiger partial charge in [0.15, 0.2) is 0 Å². The second kappa shape index (κ2) is 3.49. The summed E-state index contributed by atoms with van der Waals surface area (Å²) in [5.41, 5.74) is 4.25. The molecular weight excluding hydrogens is 176 g/mol. The van der Waals surface area contributed by atoms with E-state index in [2.05, 4.69) is 27.7 Å². The van der Waals surface area contributed by atoms with Crippen LogP contribution in [0.2, 0.25) is 0 Å². The Morgan fingerprint density at radius 3 is 3.11 bits per heavy atom. The molecule has 1 heteroatoms. The van der Waals surface area contributed by atoms with E-state index in [0.717, 1.165) is 5.33 Å². The molecule has 0 nitrogen and oxygen atoms in total. The van der Waals surface area contributed by atoms with Crippen molar-refractivity contribution in [3.63, 3.8) is 0 Å². The highest BCUT2D eigenvalue weighted by molar-refractivity contribution is 9.09. The van der Waals surface area contributed by atoms with Crippen LogP contribution in [0.5, 0.6) is 0 Å². The van der Waals surface area contributed by atoms with E-state index in [1.807, 2.05) is 24.3 Å². The molecule has 0 heterocycles. The monoisotopic (exact) mass is 182 g/mol. The highest BCUT2D eigenvalue weighted by Crippen LogP contribution is 2.03. The Morgan fingerprint density at radius 2 is 2.33 bits per heavy atom. The molecule has 0 spiro atoms. The van der Waals surface area contributed by atoms with Gasteiger partial charge in [0.25, 0.3) is 0 Å². The molecule has 0 bridgehead atoms. The third-order valence-corrected chi connectivity index (χ3v) is 1.70. The molecular formula is C8H7Br. The quantitative estimate of drug-likeness (QED) is 0.433. The zero-order valence-corrected chi connectivity index (χ0v) is 6.56. The highest BCUT2D eigenvalue weighted by Gasteiger charge is 1.85. The van der Waals surface area contributed by atoms with E-state index in [9.17, 15) is 0 Å². The smallest absolute Gasteiger partial charge is 0.0283 e. The van der Waals surface area contributed by atoms with Crippen molar-refractivity contribution in [3.05, 3.63) is 41.7 Å². The third-order valence-electron chi connectivity index (χ3n) is 1.05. The third kappa shape index (κ3) is 2.05. The predicted molar refractivity (Wildman–Crippen MR) is 43.7 cm³/mol. The van der Waals surface area contributed by atoms with Crippen molar-refractivity contribution in [3.8, 4) is 0 Å². The zero-order valence-electron chi connectivity index (χ0n) is 4.97. The van der Waals surface area contributed by atoms with Gasteiger partial charge in [0.2, 0.25) is 0 Å². The fourth-order valence-corrected chi connectivity index (χ4v) is 0.956. The lowest BCUT2D eigenvalue weighted by atomic mass is 10.3. The van der Waals surface area contributed by atoms with Crippen LogP contribution in [0.1, 0.15) is 0 Å². The van der Waals surface area contributed by atoms with E-state index >= 15 is 0 Å². The average Bonchev–Trinajstić information content (AvgIpc) is 2.13. The minimum atomic E-state index is 0.912. The van der Waals surface area contributed by atoms with E-state index in [4.69, 9.17) is 0 Å². The van der Waals surface area contributed by atoms with Gasteiger partial charge in [0.05, 0.1) is 0 Å². The molecule has 0 amide bonds. The van der Waals surface area contributed by atoms with Gasteiger partial charge in [-0.3, -0.25) is 0 Å². The summed E-state index contributed by atoms with van der Waals surface area (Å²) >= 11 is 3.36. The minimum Gasteiger partial charge on any atom is -0.121 e. The first-order valence-corrected chi connectivity index (χ1v) is 3.90. The van der Waals surface area contributed by atoms with Crippen LogP contribution < -0.4 is 0 Å². The van der Waals surface area contributed by atoms with Gasteiger partial charge in [-0.05, 0) is 17.7 Å². The Balaban J connectivity index is 2.78. The van der Waals surface area contributed by atoms with E-state index in [1.54, 1.807) is 0 Å². The van der Waals surface area contributed by atoms with Gasteiger partial charge in [0, 0.05) is 5.33 Å². The fraction of sp³-hybridized carbons (Fsp3) is 0.125. The Kier molecular flexibility index (Phi) is 2.56. The maximum absolute atomic E-state index is 3.36. The molecule has 0 saturated carbocycles. The Morgan fingerprint density at radius 1 is 1.44 bits per heavy atom. The highest BCUT2D eigenvalue weighted by atomic mass is 79.9. The van der Waals surface area contributed by atoms with Crippen LogP contribution in [-0.2, 0) is 0 Å². The normalized spacial score (nSPS) is 15.4. The number of alkyl halides is 1. The van der Waals surface area contributed by atoms with Gasteiger partial charge >= 0.3 is 0 Å². The number of halogens is 1. The van der Waals surface area contributed by atoms with Crippen molar-refractivity contribution in [2.24, 2.45) is 0 Å². The molecule has 0 radical (unpaired) electrons. The molecule has 0 N–H and O–H groups in total. The molecule has 0 aromatic carbocycles. The summed E-state index contributed by atoms with van der Waals surface area (Å²) in [7, 11) is 0. The summed E-state index contributed by atoms with van der Waals surface area (Å²) in [6.45, 7) is 0. The van der Waals surface area contributed by atoms with Crippen molar-refractivity contribution < 1.29 is 0 Å². The predicted octanol–water partition coefficient (Wildman–Crippen LogP) is 2.59. The van der Waals surface area contributed by atoms with Gasteiger partial charge in [0.1, 0.15) is 0 Å². The standard InChI is InChI=1S/C8H7Br/c9-7-8-5-3-1-2-4-6-8/h1,3-6H,7H2. The number of hydrogen-bond donors (Lipinski definition) is 0. The van der Waals surface area contributed by atoms with Crippen molar-refractivity contribution in [1.29, 1.82) is 0 Å². The molecule has 0 aliphatic heterocycles. The molecule has 0 fully saturated rings. The SMILES string of the molecule is BrCC1=CC=C=CC=C1. The van der Waals surface area contributed by atoms with Crippen molar-refractivity contribution in [2.75, 3.05) is 5.33 Å². The van der Waals surface area contributed by atoms with Crippen LogP contribution in [-0.4, -0.2) is 5.33 Å². The van der Waals surface area contributed by atoms with Crippen molar-refractivity contribution in [1.82, 2.24) is 0 Å². The van der Waals surface area contributed by atoms with Crippen LogP contribution in [0.3, 0.4) is 0 Å². The lowest BCUT2D eigenvalue weighted by Crippen LogP contribution is -1.74. The first kappa shape index (κ1) is 6.60. The van der Waals surface area contributed by atoms with Gasteiger partial charge in [-0.15, -0.1) is 5.73 Å². The molecule has 1 aliphatic carbocycles. The molecule has 46 valence electrons. The van der Waals surface area contributed by atoms with Gasteiger partial charge in [-0.1, -0.05) is 34.2 Å². The topological polar surface area (TPSA) is 0 Å². The van der Waals surface area contributed by atoms with Crippen molar-refractivity contribution in [2.45, 2.75) is 0 Å². The number of allylic oxidation sites excluding steroid dienone is 5. The minimum absolute atomic E-state index is 0.912. The molecule has 0 aromatic rings. The van der Waals surface area contributed by atoms with Crippen LogP contribution in [0, 0.1) is 0 Å². The van der Waals surface area contributed by atoms with Crippen molar-refractivity contribution >= 4 is 15.9 Å². The van der Waals surface area contributed by atoms with Crippen LogP contribution in [0.15, 0.2) is 41.7 Å². The zero-order chi connectivity index (χ0) is 6.53. The van der Waals surface area contributed by atoms with Gasteiger partial charge < -0.3 is 0 Å². The molecule has 1 aliphatic rings. The molecule has 9 heavy (non-hydrogen) atoms. The van der Waals surface area contributed by atoms with Crippen LogP contribution >= 0.6 is 15.9 Å². The maximum Gasteiger partial charge on any atom is 0.0283 e. The number of hydrogen-bond acceptors (Lipinski definition) is 0. The summed E-state index contributed by atoms with van der Waals surface area (Å²) < 4.78 is 0. The Labute approximate surface area is 63.4 Å². The van der Waals surface area contributed by atoms with E-state index in [1.165, 1.54) is 5.57 Å². The second-order valence-corrected chi connectivity index (χ2v) is 2.30. The Hall–Kier alpha value is -0.520. The lowest BCUT2D eigenvalue weighted by Gasteiger charge is -1.87. The first-order valence-electron chi connectivity index (χ1n) is 2.78. The van der Waals surface area contributed by atoms with Crippen LogP contribution in [0.25, 0.3) is 0 Å². The molecule has 0 atom stereocenters. The fourth-order valence-electron chi connectivity index (χ4n) is 0.583. The number of rotatable bonds is 1. The lowest BCUT2D eigenvalue weighted by molar-refractivity contribution is 1.57. The summed E-state index contributed by atoms with van der Waals surface area (Å²) in [6.07, 6.45) is 9.89.